The number of nitrogens with zero attached hydrogens (tertiary/aromatic N) is 3. The molecule has 32 heavy (non-hydrogen) atoms. The number of rotatable bonds is 7. The van der Waals surface area contributed by atoms with E-state index in [0.29, 0.717) is 40.0 Å². The molecular formula is C24H29FN4O3. The van der Waals surface area contributed by atoms with Gasteiger partial charge in [0.15, 0.2) is 0 Å². The summed E-state index contributed by atoms with van der Waals surface area (Å²) >= 11 is 0. The first-order valence-electron chi connectivity index (χ1n) is 11.1. The summed E-state index contributed by atoms with van der Waals surface area (Å²) in [5.74, 6) is 1.54. The Labute approximate surface area is 187 Å². The van der Waals surface area contributed by atoms with Crippen LogP contribution in [0.15, 0.2) is 28.7 Å². The number of ether oxygens (including phenoxy) is 1. The van der Waals surface area contributed by atoms with Crippen molar-refractivity contribution in [3.63, 3.8) is 0 Å². The zero-order valence-electron chi connectivity index (χ0n) is 18.8. The minimum atomic E-state index is -0.423. The third-order valence-electron chi connectivity index (χ3n) is 5.90. The SMILES string of the molecule is CCOC(=O)c1c(C)oc2nc(C)nc(NCC3CCN(Cc4ccc(F)cc4)CC3)c12. The minimum absolute atomic E-state index is 0.202. The number of benzene rings is 1. The molecule has 0 radical (unpaired) electrons. The zero-order valence-corrected chi connectivity index (χ0v) is 18.8. The molecule has 0 bridgehead atoms. The molecule has 1 aliphatic heterocycles. The molecule has 0 unspecified atom stereocenters. The van der Waals surface area contributed by atoms with Gasteiger partial charge in [0, 0.05) is 13.1 Å². The molecule has 1 aromatic carbocycles. The number of hydrogen-bond acceptors (Lipinski definition) is 7. The van der Waals surface area contributed by atoms with E-state index in [4.69, 9.17) is 9.15 Å². The Hall–Kier alpha value is -3.00. The molecule has 0 amide bonds. The molecule has 0 spiro atoms. The van der Waals surface area contributed by atoms with E-state index in [0.717, 1.165) is 44.6 Å². The molecule has 0 atom stereocenters. The molecule has 4 rings (SSSR count). The Morgan fingerprint density at radius 3 is 2.62 bits per heavy atom. The van der Waals surface area contributed by atoms with Crippen molar-refractivity contribution in [2.24, 2.45) is 5.92 Å². The van der Waals surface area contributed by atoms with Crippen LogP contribution < -0.4 is 5.32 Å². The van der Waals surface area contributed by atoms with E-state index in [-0.39, 0.29) is 12.4 Å². The fourth-order valence-corrected chi connectivity index (χ4v) is 4.23. The van der Waals surface area contributed by atoms with Crippen LogP contribution in [0.4, 0.5) is 10.2 Å². The van der Waals surface area contributed by atoms with Gasteiger partial charge in [0.2, 0.25) is 5.71 Å². The maximum Gasteiger partial charge on any atom is 0.342 e. The van der Waals surface area contributed by atoms with Crippen LogP contribution in [0, 0.1) is 25.6 Å². The molecule has 170 valence electrons. The van der Waals surface area contributed by atoms with Crippen LogP contribution in [0.2, 0.25) is 0 Å². The lowest BCUT2D eigenvalue weighted by Gasteiger charge is -2.32. The van der Waals surface area contributed by atoms with Crippen molar-refractivity contribution in [1.82, 2.24) is 14.9 Å². The van der Waals surface area contributed by atoms with E-state index in [1.807, 2.05) is 12.1 Å². The first-order chi connectivity index (χ1) is 15.4. The standard InChI is InChI=1S/C24H29FN4O3/c1-4-31-24(30)20-15(2)32-23-21(20)22(27-16(3)28-23)26-13-17-9-11-29(12-10-17)14-18-5-7-19(25)8-6-18/h5-8,17H,4,9-14H2,1-3H3,(H,26,27,28). The molecule has 1 N–H and O–H groups in total. The van der Waals surface area contributed by atoms with Crippen LogP contribution in [0.1, 0.15) is 47.3 Å². The Kier molecular flexibility index (Phi) is 6.69. The number of piperidine rings is 1. The number of hydrogen-bond donors (Lipinski definition) is 1. The van der Waals surface area contributed by atoms with Crippen molar-refractivity contribution in [3.8, 4) is 0 Å². The van der Waals surface area contributed by atoms with Gasteiger partial charge < -0.3 is 14.5 Å². The van der Waals surface area contributed by atoms with Crippen LogP contribution in [0.3, 0.4) is 0 Å². The first-order valence-corrected chi connectivity index (χ1v) is 11.1. The number of likely N-dealkylation sites (tertiary alicyclic amines) is 1. The third-order valence-corrected chi connectivity index (χ3v) is 5.90. The summed E-state index contributed by atoms with van der Waals surface area (Å²) in [7, 11) is 0. The molecular weight excluding hydrogens is 411 g/mol. The van der Waals surface area contributed by atoms with Gasteiger partial charge in [-0.1, -0.05) is 12.1 Å². The van der Waals surface area contributed by atoms with Crippen molar-refractivity contribution >= 4 is 22.9 Å². The molecule has 1 fully saturated rings. The minimum Gasteiger partial charge on any atom is -0.462 e. The predicted molar refractivity (Wildman–Crippen MR) is 120 cm³/mol. The molecule has 3 aromatic rings. The fourth-order valence-electron chi connectivity index (χ4n) is 4.23. The number of anilines is 1. The maximum atomic E-state index is 13.1. The fraction of sp³-hybridized carbons (Fsp3) is 0.458. The van der Waals surface area contributed by atoms with Crippen molar-refractivity contribution in [3.05, 3.63) is 52.8 Å². The summed E-state index contributed by atoms with van der Waals surface area (Å²) in [5, 5.41) is 4.02. The van der Waals surface area contributed by atoms with Gasteiger partial charge in [-0.15, -0.1) is 0 Å². The van der Waals surface area contributed by atoms with E-state index in [1.165, 1.54) is 12.1 Å². The summed E-state index contributed by atoms with van der Waals surface area (Å²) in [4.78, 5) is 23.8. The van der Waals surface area contributed by atoms with Crippen molar-refractivity contribution in [2.45, 2.75) is 40.2 Å². The van der Waals surface area contributed by atoms with Crippen LogP contribution in [0.25, 0.3) is 11.1 Å². The van der Waals surface area contributed by atoms with Crippen molar-refractivity contribution in [2.75, 3.05) is 31.6 Å². The number of fused-ring (bicyclic) bond motifs is 1. The molecule has 3 heterocycles. The highest BCUT2D eigenvalue weighted by molar-refractivity contribution is 6.07. The zero-order chi connectivity index (χ0) is 22.7. The third kappa shape index (κ3) is 4.91. The van der Waals surface area contributed by atoms with Crippen LogP contribution in [-0.2, 0) is 11.3 Å². The first kappa shape index (κ1) is 22.2. The topological polar surface area (TPSA) is 80.5 Å². The lowest BCUT2D eigenvalue weighted by molar-refractivity contribution is 0.0526. The average Bonchev–Trinajstić information content (AvgIpc) is 3.10. The Morgan fingerprint density at radius 2 is 1.94 bits per heavy atom. The second kappa shape index (κ2) is 9.65. The summed E-state index contributed by atoms with van der Waals surface area (Å²) < 4.78 is 24.1. The quantitative estimate of drug-likeness (QED) is 0.543. The molecule has 1 saturated heterocycles. The van der Waals surface area contributed by atoms with Gasteiger partial charge in [-0.3, -0.25) is 4.90 Å². The lowest BCUT2D eigenvalue weighted by Crippen LogP contribution is -2.35. The molecule has 0 saturated carbocycles. The molecule has 7 nitrogen and oxygen atoms in total. The lowest BCUT2D eigenvalue weighted by atomic mass is 9.96. The van der Waals surface area contributed by atoms with E-state index in [1.54, 1.807) is 20.8 Å². The number of aryl methyl sites for hydroxylation is 2. The van der Waals surface area contributed by atoms with Crippen LogP contribution >= 0.6 is 0 Å². The molecule has 0 aliphatic carbocycles. The number of carbonyl (C=O) groups is 1. The smallest absolute Gasteiger partial charge is 0.342 e. The average molecular weight is 441 g/mol. The Morgan fingerprint density at radius 1 is 1.22 bits per heavy atom. The second-order valence-electron chi connectivity index (χ2n) is 8.28. The second-order valence-corrected chi connectivity index (χ2v) is 8.28. The predicted octanol–water partition coefficient (Wildman–Crippen LogP) is 4.48. The number of carbonyl (C=O) groups excluding carboxylic acids is 1. The normalized spacial score (nSPS) is 15.2. The number of halogens is 1. The van der Waals surface area contributed by atoms with Crippen LogP contribution in [-0.4, -0.2) is 47.1 Å². The maximum absolute atomic E-state index is 13.1. The number of aromatic nitrogens is 2. The van der Waals surface area contributed by atoms with Crippen LogP contribution in [0.5, 0.6) is 0 Å². The van der Waals surface area contributed by atoms with Gasteiger partial charge in [0.05, 0.1) is 12.0 Å². The van der Waals surface area contributed by atoms with E-state index in [9.17, 15) is 9.18 Å². The van der Waals surface area contributed by atoms with Gasteiger partial charge in [0.25, 0.3) is 0 Å². The van der Waals surface area contributed by atoms with Gasteiger partial charge in [-0.2, -0.15) is 4.98 Å². The number of furan rings is 1. The van der Waals surface area contributed by atoms with E-state index in [2.05, 4.69) is 20.2 Å². The van der Waals surface area contributed by atoms with E-state index >= 15 is 0 Å². The highest BCUT2D eigenvalue weighted by atomic mass is 19.1. The van der Waals surface area contributed by atoms with Gasteiger partial charge in [-0.25, -0.2) is 14.2 Å². The van der Waals surface area contributed by atoms with Gasteiger partial charge in [0.1, 0.15) is 28.8 Å². The summed E-state index contributed by atoms with van der Waals surface area (Å²) in [6, 6.07) is 6.72. The Balaban J connectivity index is 1.41. The number of nitrogens with one attached hydrogen (secondary N) is 1. The monoisotopic (exact) mass is 440 g/mol. The van der Waals surface area contributed by atoms with Gasteiger partial charge in [-0.05, 0) is 70.3 Å². The highest BCUT2D eigenvalue weighted by Crippen LogP contribution is 2.31. The number of esters is 1. The summed E-state index contributed by atoms with van der Waals surface area (Å²) in [5.41, 5.74) is 1.91. The molecule has 8 heteroatoms. The largest absolute Gasteiger partial charge is 0.462 e. The van der Waals surface area contributed by atoms with E-state index < -0.39 is 5.97 Å². The molecule has 2 aromatic heterocycles. The Bertz CT molecular complexity index is 1090. The summed E-state index contributed by atoms with van der Waals surface area (Å²) in [6.45, 7) is 9.17. The van der Waals surface area contributed by atoms with Crippen molar-refractivity contribution in [1.29, 1.82) is 0 Å². The van der Waals surface area contributed by atoms with Crippen molar-refractivity contribution < 1.29 is 18.3 Å². The summed E-state index contributed by atoms with van der Waals surface area (Å²) in [6.07, 6.45) is 2.10. The van der Waals surface area contributed by atoms with Gasteiger partial charge >= 0.3 is 5.97 Å². The molecule has 1 aliphatic rings. The highest BCUT2D eigenvalue weighted by Gasteiger charge is 2.25.